The molecule has 0 saturated heterocycles. The fourth-order valence-corrected chi connectivity index (χ4v) is 3.27. The SMILES string of the molecule is CCc1ccc(C(=O)N/N=C/c2cn(Cc3ccccc3)c3ccccc23)nc1. The van der Waals surface area contributed by atoms with E-state index in [9.17, 15) is 4.79 Å². The molecule has 0 aliphatic carbocycles. The lowest BCUT2D eigenvalue weighted by molar-refractivity contribution is 0.0950. The van der Waals surface area contributed by atoms with Crippen LogP contribution in [0.1, 0.15) is 34.1 Å². The number of hydrazone groups is 1. The molecule has 5 nitrogen and oxygen atoms in total. The van der Waals surface area contributed by atoms with Gasteiger partial charge in [-0.1, -0.05) is 61.5 Å². The van der Waals surface area contributed by atoms with Crippen LogP contribution in [-0.2, 0) is 13.0 Å². The van der Waals surface area contributed by atoms with E-state index in [0.29, 0.717) is 5.69 Å². The van der Waals surface area contributed by atoms with Crippen LogP contribution in [0.5, 0.6) is 0 Å². The maximum absolute atomic E-state index is 12.3. The van der Waals surface area contributed by atoms with Gasteiger partial charge in [0, 0.05) is 35.4 Å². The van der Waals surface area contributed by atoms with E-state index >= 15 is 0 Å². The number of carbonyl (C=O) groups excluding carboxylic acids is 1. The summed E-state index contributed by atoms with van der Waals surface area (Å²) >= 11 is 0. The molecule has 2 aromatic heterocycles. The summed E-state index contributed by atoms with van der Waals surface area (Å²) in [5, 5.41) is 5.24. The number of para-hydroxylation sites is 1. The van der Waals surface area contributed by atoms with E-state index in [1.165, 1.54) is 5.56 Å². The number of carbonyl (C=O) groups is 1. The van der Waals surface area contributed by atoms with Crippen LogP contribution in [0.25, 0.3) is 10.9 Å². The number of nitrogens with one attached hydrogen (secondary N) is 1. The molecule has 0 aliphatic rings. The van der Waals surface area contributed by atoms with Gasteiger partial charge in [-0.05, 0) is 29.7 Å². The molecular formula is C24H22N4O. The maximum atomic E-state index is 12.3. The van der Waals surface area contributed by atoms with Crippen molar-refractivity contribution in [1.29, 1.82) is 0 Å². The molecule has 2 heterocycles. The smallest absolute Gasteiger partial charge is 0.289 e. The largest absolute Gasteiger partial charge is 0.342 e. The first-order valence-corrected chi connectivity index (χ1v) is 9.64. The van der Waals surface area contributed by atoms with E-state index in [1.807, 2.05) is 36.4 Å². The Bertz CT molecular complexity index is 1140. The predicted molar refractivity (Wildman–Crippen MR) is 116 cm³/mol. The Kier molecular flexibility index (Phi) is 5.47. The minimum absolute atomic E-state index is 0.322. The molecule has 1 N–H and O–H groups in total. The van der Waals surface area contributed by atoms with Gasteiger partial charge in [0.05, 0.1) is 6.21 Å². The van der Waals surface area contributed by atoms with Crippen LogP contribution < -0.4 is 5.43 Å². The van der Waals surface area contributed by atoms with Crippen molar-refractivity contribution in [1.82, 2.24) is 15.0 Å². The molecule has 4 aromatic rings. The number of amides is 1. The highest BCUT2D eigenvalue weighted by molar-refractivity contribution is 6.00. The van der Waals surface area contributed by atoms with Crippen LogP contribution in [0, 0.1) is 0 Å². The summed E-state index contributed by atoms with van der Waals surface area (Å²) in [5.41, 5.74) is 7.32. The number of rotatable bonds is 6. The summed E-state index contributed by atoms with van der Waals surface area (Å²) in [6.45, 7) is 2.82. The summed E-state index contributed by atoms with van der Waals surface area (Å²) in [4.78, 5) is 16.4. The summed E-state index contributed by atoms with van der Waals surface area (Å²) in [5.74, 6) is -0.322. The van der Waals surface area contributed by atoms with Gasteiger partial charge in [0.25, 0.3) is 5.91 Å². The summed E-state index contributed by atoms with van der Waals surface area (Å²) in [7, 11) is 0. The Morgan fingerprint density at radius 3 is 2.59 bits per heavy atom. The van der Waals surface area contributed by atoms with Crippen LogP contribution in [0.2, 0.25) is 0 Å². The second-order valence-electron chi connectivity index (χ2n) is 6.82. The second-order valence-corrected chi connectivity index (χ2v) is 6.82. The monoisotopic (exact) mass is 382 g/mol. The molecule has 0 atom stereocenters. The number of hydrogen-bond acceptors (Lipinski definition) is 3. The van der Waals surface area contributed by atoms with Crippen molar-refractivity contribution in [2.24, 2.45) is 5.10 Å². The van der Waals surface area contributed by atoms with Crippen molar-refractivity contribution in [3.63, 3.8) is 0 Å². The molecule has 2 aromatic carbocycles. The highest BCUT2D eigenvalue weighted by Gasteiger charge is 2.08. The highest BCUT2D eigenvalue weighted by Crippen LogP contribution is 2.21. The van der Waals surface area contributed by atoms with Crippen LogP contribution in [-0.4, -0.2) is 21.7 Å². The van der Waals surface area contributed by atoms with E-state index in [2.05, 4.69) is 57.5 Å². The standard InChI is InChI=1S/C24H22N4O/c1-2-18-12-13-22(25-14-18)24(29)27-26-15-20-17-28(16-19-8-4-3-5-9-19)23-11-7-6-10-21(20)23/h3-15,17H,2,16H2,1H3,(H,27,29)/b26-15+. The fourth-order valence-electron chi connectivity index (χ4n) is 3.27. The molecule has 0 unspecified atom stereocenters. The minimum Gasteiger partial charge on any atom is -0.342 e. The van der Waals surface area contributed by atoms with Crippen molar-refractivity contribution >= 4 is 23.0 Å². The molecule has 144 valence electrons. The third-order valence-electron chi connectivity index (χ3n) is 4.85. The van der Waals surface area contributed by atoms with Gasteiger partial charge in [0.2, 0.25) is 0 Å². The molecule has 0 bridgehead atoms. The van der Waals surface area contributed by atoms with E-state index < -0.39 is 0 Å². The Hall–Kier alpha value is -3.73. The fraction of sp³-hybridized carbons (Fsp3) is 0.125. The van der Waals surface area contributed by atoms with E-state index in [4.69, 9.17) is 0 Å². The molecule has 0 radical (unpaired) electrons. The summed E-state index contributed by atoms with van der Waals surface area (Å²) < 4.78 is 2.19. The minimum atomic E-state index is -0.322. The third kappa shape index (κ3) is 4.24. The Balaban J connectivity index is 1.53. The lowest BCUT2D eigenvalue weighted by Crippen LogP contribution is -2.18. The Labute approximate surface area is 169 Å². The molecular weight excluding hydrogens is 360 g/mol. The zero-order valence-electron chi connectivity index (χ0n) is 16.2. The third-order valence-corrected chi connectivity index (χ3v) is 4.85. The second kappa shape index (κ2) is 8.52. The first kappa shape index (κ1) is 18.6. The first-order valence-electron chi connectivity index (χ1n) is 9.64. The molecule has 0 saturated carbocycles. The molecule has 4 rings (SSSR count). The van der Waals surface area contributed by atoms with Gasteiger partial charge in [-0.2, -0.15) is 5.10 Å². The maximum Gasteiger partial charge on any atom is 0.289 e. The highest BCUT2D eigenvalue weighted by atomic mass is 16.2. The number of benzene rings is 2. The molecule has 0 fully saturated rings. The topological polar surface area (TPSA) is 59.3 Å². The lowest BCUT2D eigenvalue weighted by Gasteiger charge is -2.05. The van der Waals surface area contributed by atoms with Crippen LogP contribution >= 0.6 is 0 Å². The molecule has 1 amide bonds. The Morgan fingerprint density at radius 2 is 1.83 bits per heavy atom. The van der Waals surface area contributed by atoms with Crippen molar-refractivity contribution < 1.29 is 4.79 Å². The van der Waals surface area contributed by atoms with Crippen molar-refractivity contribution in [2.75, 3.05) is 0 Å². The van der Waals surface area contributed by atoms with Crippen LogP contribution in [0.15, 0.2) is 84.2 Å². The van der Waals surface area contributed by atoms with Crippen molar-refractivity contribution in [3.8, 4) is 0 Å². The van der Waals surface area contributed by atoms with Gasteiger partial charge >= 0.3 is 0 Å². The van der Waals surface area contributed by atoms with Crippen LogP contribution in [0.4, 0.5) is 0 Å². The lowest BCUT2D eigenvalue weighted by atomic mass is 10.2. The molecule has 5 heteroatoms. The number of aromatic nitrogens is 2. The average molecular weight is 382 g/mol. The number of hydrogen-bond donors (Lipinski definition) is 1. The summed E-state index contributed by atoms with van der Waals surface area (Å²) in [6, 6.07) is 22.1. The normalized spacial score (nSPS) is 11.2. The number of pyridine rings is 1. The van der Waals surface area contributed by atoms with Gasteiger partial charge in [-0.3, -0.25) is 9.78 Å². The Morgan fingerprint density at radius 1 is 1.03 bits per heavy atom. The molecule has 29 heavy (non-hydrogen) atoms. The van der Waals surface area contributed by atoms with E-state index in [1.54, 1.807) is 18.5 Å². The van der Waals surface area contributed by atoms with Gasteiger partial charge in [0.1, 0.15) is 5.69 Å². The number of aryl methyl sites for hydroxylation is 1. The van der Waals surface area contributed by atoms with Gasteiger partial charge in [-0.15, -0.1) is 0 Å². The zero-order chi connectivity index (χ0) is 20.1. The molecule has 0 spiro atoms. The zero-order valence-corrected chi connectivity index (χ0v) is 16.2. The van der Waals surface area contributed by atoms with Gasteiger partial charge in [-0.25, -0.2) is 5.43 Å². The summed E-state index contributed by atoms with van der Waals surface area (Å²) in [6.07, 6.45) is 6.35. The number of fused-ring (bicyclic) bond motifs is 1. The number of nitrogens with zero attached hydrogens (tertiary/aromatic N) is 3. The molecule has 0 aliphatic heterocycles. The van der Waals surface area contributed by atoms with Gasteiger partial charge < -0.3 is 4.57 Å². The van der Waals surface area contributed by atoms with E-state index in [0.717, 1.165) is 35.0 Å². The quantitative estimate of drug-likeness (QED) is 0.397. The predicted octanol–water partition coefficient (Wildman–Crippen LogP) is 4.41. The van der Waals surface area contributed by atoms with Crippen molar-refractivity contribution in [2.45, 2.75) is 19.9 Å². The average Bonchev–Trinajstić information content (AvgIpc) is 3.12. The van der Waals surface area contributed by atoms with E-state index in [-0.39, 0.29) is 5.91 Å². The first-order chi connectivity index (χ1) is 14.2. The van der Waals surface area contributed by atoms with Crippen molar-refractivity contribution in [3.05, 3.63) is 102 Å². The van der Waals surface area contributed by atoms with Crippen LogP contribution in [0.3, 0.4) is 0 Å². The van der Waals surface area contributed by atoms with Gasteiger partial charge in [0.15, 0.2) is 0 Å².